The number of likely N-dealkylation sites (tertiary alicyclic amines) is 1. The van der Waals surface area contributed by atoms with Crippen LogP contribution in [0.25, 0.3) is 0 Å². The van der Waals surface area contributed by atoms with E-state index in [2.05, 4.69) is 0 Å². The molecule has 2 amide bonds. The van der Waals surface area contributed by atoms with Crippen molar-refractivity contribution < 1.29 is 29.0 Å². The molecule has 1 N–H and O–H groups in total. The lowest BCUT2D eigenvalue weighted by molar-refractivity contribution is -0.143. The molecule has 2 fully saturated rings. The summed E-state index contributed by atoms with van der Waals surface area (Å²) in [4.78, 5) is 55.8. The lowest BCUT2D eigenvalue weighted by atomic mass is 9.59. The number of ketones is 2. The van der Waals surface area contributed by atoms with E-state index in [1.165, 1.54) is 18.1 Å². The number of hydrogen-bond donors (Lipinski definition) is 1. The Bertz CT molecular complexity index is 1330. The minimum Gasteiger partial charge on any atom is -0.507 e. The molecule has 1 aliphatic heterocycles. The second-order valence-electron chi connectivity index (χ2n) is 11.0. The lowest BCUT2D eigenvalue weighted by Gasteiger charge is -2.42. The van der Waals surface area contributed by atoms with Gasteiger partial charge in [-0.05, 0) is 56.7 Å². The zero-order valence-electron chi connectivity index (χ0n) is 21.2. The molecule has 1 saturated heterocycles. The van der Waals surface area contributed by atoms with Crippen molar-refractivity contribution in [2.45, 2.75) is 63.8 Å². The van der Waals surface area contributed by atoms with Crippen LogP contribution in [0.15, 0.2) is 52.6 Å². The van der Waals surface area contributed by atoms with E-state index in [0.717, 1.165) is 37.7 Å². The fourth-order valence-corrected chi connectivity index (χ4v) is 7.44. The summed E-state index contributed by atoms with van der Waals surface area (Å²) in [5.41, 5.74) is 2.34. The van der Waals surface area contributed by atoms with Gasteiger partial charge in [-0.2, -0.15) is 0 Å². The second kappa shape index (κ2) is 8.82. The first kappa shape index (κ1) is 23.9. The molecule has 1 aromatic rings. The SMILES string of the molecule is COc1cccc(O)c1[C@H]1C2=CC[C@@H]3C(=O)N(C4CCCCC4)C(=O)[C@@H]3[C@@H]2CC2=C1C(=O)C=C(C)C2=O. The highest BCUT2D eigenvalue weighted by atomic mass is 16.5. The first-order chi connectivity index (χ1) is 17.8. The van der Waals surface area contributed by atoms with Gasteiger partial charge in [-0.25, -0.2) is 0 Å². The number of allylic oxidation sites excluding steroid dienone is 6. The molecule has 4 atom stereocenters. The Balaban J connectivity index is 1.50. The maximum Gasteiger partial charge on any atom is 0.233 e. The van der Waals surface area contributed by atoms with Crippen molar-refractivity contribution >= 4 is 23.4 Å². The van der Waals surface area contributed by atoms with E-state index >= 15 is 0 Å². The standard InChI is InChI=1S/C30H31NO6/c1-15-13-22(33)25-20(28(15)34)14-19-17(26(25)27-21(32)9-6-10-23(27)37-2)11-12-18-24(19)30(36)31(29(18)35)16-7-4-3-5-8-16/h6,9-11,13,16,18-19,24,26,32H,3-5,7-8,12,14H2,1-2H3/t18-,19+,24-,26-/m0/s1. The molecule has 4 aliphatic carbocycles. The maximum atomic E-state index is 13.9. The maximum absolute atomic E-state index is 13.9. The van der Waals surface area contributed by atoms with Crippen molar-refractivity contribution in [3.63, 3.8) is 0 Å². The summed E-state index contributed by atoms with van der Waals surface area (Å²) in [6.07, 6.45) is 8.80. The predicted octanol–water partition coefficient (Wildman–Crippen LogP) is 4.16. The van der Waals surface area contributed by atoms with Crippen LogP contribution in [0, 0.1) is 17.8 Å². The predicted molar refractivity (Wildman–Crippen MR) is 135 cm³/mol. The molecule has 192 valence electrons. The molecule has 0 spiro atoms. The van der Waals surface area contributed by atoms with Gasteiger partial charge >= 0.3 is 0 Å². The van der Waals surface area contributed by atoms with Crippen LogP contribution in [-0.2, 0) is 19.2 Å². The van der Waals surface area contributed by atoms with Crippen LogP contribution in [0.2, 0.25) is 0 Å². The molecule has 6 rings (SSSR count). The average Bonchev–Trinajstić information content (AvgIpc) is 3.16. The quantitative estimate of drug-likeness (QED) is 0.379. The number of phenols is 1. The van der Waals surface area contributed by atoms with Gasteiger partial charge < -0.3 is 9.84 Å². The third-order valence-electron chi connectivity index (χ3n) is 9.09. The molecule has 7 nitrogen and oxygen atoms in total. The number of imide groups is 1. The van der Waals surface area contributed by atoms with Crippen LogP contribution < -0.4 is 4.74 Å². The van der Waals surface area contributed by atoms with Crippen LogP contribution >= 0.6 is 0 Å². The van der Waals surface area contributed by atoms with Crippen molar-refractivity contribution in [3.05, 3.63) is 58.2 Å². The van der Waals surface area contributed by atoms with Crippen LogP contribution in [0.4, 0.5) is 0 Å². The summed E-state index contributed by atoms with van der Waals surface area (Å²) in [5.74, 6) is -2.51. The molecule has 1 saturated carbocycles. The number of phenolic OH excluding ortho intramolecular Hbond substituents is 1. The summed E-state index contributed by atoms with van der Waals surface area (Å²) in [5, 5.41) is 11.0. The van der Waals surface area contributed by atoms with Gasteiger partial charge in [-0.15, -0.1) is 0 Å². The zero-order valence-corrected chi connectivity index (χ0v) is 21.2. The number of carbonyl (C=O) groups is 4. The number of hydrogen-bond acceptors (Lipinski definition) is 6. The molecule has 7 heteroatoms. The largest absolute Gasteiger partial charge is 0.507 e. The molecule has 1 aromatic carbocycles. The highest BCUT2D eigenvalue weighted by molar-refractivity contribution is 6.23. The molecule has 5 aliphatic rings. The van der Waals surface area contributed by atoms with Crippen molar-refractivity contribution in [1.29, 1.82) is 0 Å². The molecule has 37 heavy (non-hydrogen) atoms. The van der Waals surface area contributed by atoms with E-state index in [1.54, 1.807) is 25.1 Å². The Morgan fingerprint density at radius 3 is 2.49 bits per heavy atom. The van der Waals surface area contributed by atoms with E-state index in [1.807, 2.05) is 6.08 Å². The van der Waals surface area contributed by atoms with Crippen LogP contribution in [0.1, 0.15) is 63.4 Å². The van der Waals surface area contributed by atoms with E-state index in [-0.39, 0.29) is 41.6 Å². The highest BCUT2D eigenvalue weighted by Crippen LogP contribution is 2.57. The highest BCUT2D eigenvalue weighted by Gasteiger charge is 2.57. The fraction of sp³-hybridized carbons (Fsp3) is 0.467. The van der Waals surface area contributed by atoms with Gasteiger partial charge in [0, 0.05) is 34.2 Å². The van der Waals surface area contributed by atoms with Crippen molar-refractivity contribution in [2.24, 2.45) is 17.8 Å². The third kappa shape index (κ3) is 3.46. The molecular weight excluding hydrogens is 470 g/mol. The topological polar surface area (TPSA) is 101 Å². The normalized spacial score (nSPS) is 30.1. The summed E-state index contributed by atoms with van der Waals surface area (Å²) in [6.45, 7) is 1.63. The minimum absolute atomic E-state index is 0.0379. The fourth-order valence-electron chi connectivity index (χ4n) is 7.44. The Morgan fingerprint density at radius 2 is 1.76 bits per heavy atom. The van der Waals surface area contributed by atoms with Crippen molar-refractivity contribution in [3.8, 4) is 11.5 Å². The zero-order chi connectivity index (χ0) is 26.0. The summed E-state index contributed by atoms with van der Waals surface area (Å²) >= 11 is 0. The number of methoxy groups -OCH3 is 1. The lowest BCUT2D eigenvalue weighted by Crippen LogP contribution is -2.43. The molecule has 1 heterocycles. The van der Waals surface area contributed by atoms with Gasteiger partial charge in [-0.3, -0.25) is 24.1 Å². The Morgan fingerprint density at radius 1 is 1.00 bits per heavy atom. The smallest absolute Gasteiger partial charge is 0.233 e. The third-order valence-corrected chi connectivity index (χ3v) is 9.09. The Labute approximate surface area is 215 Å². The van der Waals surface area contributed by atoms with Gasteiger partial charge in [-0.1, -0.05) is 37.0 Å². The number of ether oxygens (including phenoxy) is 1. The van der Waals surface area contributed by atoms with Gasteiger partial charge in [0.05, 0.1) is 18.9 Å². The van der Waals surface area contributed by atoms with E-state index in [0.29, 0.717) is 34.5 Å². The first-order valence-electron chi connectivity index (χ1n) is 13.3. The van der Waals surface area contributed by atoms with Crippen LogP contribution in [0.5, 0.6) is 11.5 Å². The van der Waals surface area contributed by atoms with E-state index < -0.39 is 23.7 Å². The number of Topliss-reactive ketones (excluding diaryl/α,β-unsaturated/α-hetero) is 1. The molecule has 0 aromatic heterocycles. The number of fused-ring (bicyclic) bond motifs is 3. The number of amides is 2. The number of rotatable bonds is 3. The average molecular weight is 502 g/mol. The number of aromatic hydroxyl groups is 1. The summed E-state index contributed by atoms with van der Waals surface area (Å²) in [7, 11) is 1.50. The van der Waals surface area contributed by atoms with Gasteiger partial charge in [0.1, 0.15) is 11.5 Å². The number of benzene rings is 1. The minimum atomic E-state index is -0.724. The number of carbonyl (C=O) groups excluding carboxylic acids is 4. The number of nitrogens with zero attached hydrogens (tertiary/aromatic N) is 1. The van der Waals surface area contributed by atoms with Gasteiger partial charge in [0.25, 0.3) is 0 Å². The van der Waals surface area contributed by atoms with Gasteiger partial charge in [0.15, 0.2) is 11.6 Å². The van der Waals surface area contributed by atoms with E-state index in [9.17, 15) is 24.3 Å². The van der Waals surface area contributed by atoms with Crippen LogP contribution in [-0.4, -0.2) is 46.5 Å². The molecule has 0 bridgehead atoms. The molecule has 0 radical (unpaired) electrons. The molecular formula is C30H31NO6. The van der Waals surface area contributed by atoms with Gasteiger partial charge in [0.2, 0.25) is 11.8 Å². The first-order valence-corrected chi connectivity index (χ1v) is 13.3. The Hall–Kier alpha value is -3.48. The van der Waals surface area contributed by atoms with Crippen molar-refractivity contribution in [2.75, 3.05) is 7.11 Å². The van der Waals surface area contributed by atoms with Crippen molar-refractivity contribution in [1.82, 2.24) is 4.90 Å². The summed E-state index contributed by atoms with van der Waals surface area (Å²) < 4.78 is 5.59. The molecule has 0 unspecified atom stereocenters. The monoisotopic (exact) mass is 501 g/mol. The van der Waals surface area contributed by atoms with E-state index in [4.69, 9.17) is 4.74 Å². The Kier molecular flexibility index (Phi) is 5.70. The summed E-state index contributed by atoms with van der Waals surface area (Å²) in [6, 6.07) is 4.87. The van der Waals surface area contributed by atoms with Crippen LogP contribution in [0.3, 0.4) is 0 Å². The second-order valence-corrected chi connectivity index (χ2v) is 11.0.